The summed E-state index contributed by atoms with van der Waals surface area (Å²) in [5.41, 5.74) is -0.811. The summed E-state index contributed by atoms with van der Waals surface area (Å²) in [5, 5.41) is 20.9. The molecule has 1 aliphatic rings. The van der Waals surface area contributed by atoms with Gasteiger partial charge in [0, 0.05) is 25.4 Å². The maximum Gasteiger partial charge on any atom is 0.311 e. The van der Waals surface area contributed by atoms with Gasteiger partial charge in [-0.25, -0.2) is 4.98 Å². The summed E-state index contributed by atoms with van der Waals surface area (Å²) in [6.45, 7) is 2.81. The summed E-state index contributed by atoms with van der Waals surface area (Å²) in [6.07, 6.45) is 3.05. The predicted molar refractivity (Wildman–Crippen MR) is 63.0 cm³/mol. The van der Waals surface area contributed by atoms with Crippen molar-refractivity contribution < 1.29 is 10.0 Å². The molecular weight excluding hydrogens is 222 g/mol. The molecule has 6 heteroatoms. The molecule has 0 aromatic carbocycles. The number of β-amino-alcohol motifs (C(OH)–C–C–N with tert-alkyl or cyclic N) is 1. The molecule has 0 bridgehead atoms. The van der Waals surface area contributed by atoms with Crippen molar-refractivity contribution in [2.24, 2.45) is 0 Å². The molecule has 92 valence electrons. The van der Waals surface area contributed by atoms with Crippen LogP contribution in [0.25, 0.3) is 0 Å². The lowest BCUT2D eigenvalue weighted by molar-refractivity contribution is -0.384. The lowest BCUT2D eigenvalue weighted by Gasteiger charge is -2.37. The summed E-state index contributed by atoms with van der Waals surface area (Å²) in [5.74, 6) is 0.345. The van der Waals surface area contributed by atoms with Crippen LogP contribution in [0.4, 0.5) is 11.5 Å². The van der Waals surface area contributed by atoms with E-state index in [0.717, 1.165) is 6.42 Å². The highest BCUT2D eigenvalue weighted by Gasteiger charge is 2.32. The number of piperidine rings is 1. The lowest BCUT2D eigenvalue weighted by atomic mass is 9.95. The SMILES string of the molecule is CC1(O)CCCN(c2ncccc2[N+](=O)[O-])C1. The average Bonchev–Trinajstić information content (AvgIpc) is 2.27. The Hall–Kier alpha value is -1.69. The molecule has 1 unspecified atom stereocenters. The summed E-state index contributed by atoms with van der Waals surface area (Å²) in [6, 6.07) is 2.98. The summed E-state index contributed by atoms with van der Waals surface area (Å²) >= 11 is 0. The van der Waals surface area contributed by atoms with Crippen LogP contribution in [0, 0.1) is 10.1 Å². The molecule has 2 heterocycles. The van der Waals surface area contributed by atoms with Gasteiger partial charge >= 0.3 is 5.69 Å². The van der Waals surface area contributed by atoms with Gasteiger partial charge in [-0.1, -0.05) is 0 Å². The van der Waals surface area contributed by atoms with E-state index in [9.17, 15) is 15.2 Å². The molecule has 2 rings (SSSR count). The van der Waals surface area contributed by atoms with E-state index >= 15 is 0 Å². The zero-order valence-electron chi connectivity index (χ0n) is 9.67. The van der Waals surface area contributed by atoms with Crippen molar-refractivity contribution in [3.8, 4) is 0 Å². The van der Waals surface area contributed by atoms with Gasteiger partial charge in [0.05, 0.1) is 10.5 Å². The van der Waals surface area contributed by atoms with Crippen LogP contribution in [0.2, 0.25) is 0 Å². The number of nitrogens with zero attached hydrogens (tertiary/aromatic N) is 3. The highest BCUT2D eigenvalue weighted by Crippen LogP contribution is 2.30. The van der Waals surface area contributed by atoms with Crippen molar-refractivity contribution in [2.45, 2.75) is 25.4 Å². The third-order valence-electron chi connectivity index (χ3n) is 2.94. The van der Waals surface area contributed by atoms with E-state index in [0.29, 0.717) is 25.3 Å². The fourth-order valence-corrected chi connectivity index (χ4v) is 2.18. The first-order valence-corrected chi connectivity index (χ1v) is 5.56. The van der Waals surface area contributed by atoms with Gasteiger partial charge in [-0.2, -0.15) is 0 Å². The number of hydrogen-bond donors (Lipinski definition) is 1. The van der Waals surface area contributed by atoms with Gasteiger partial charge in [0.1, 0.15) is 0 Å². The van der Waals surface area contributed by atoms with Crippen molar-refractivity contribution in [3.63, 3.8) is 0 Å². The molecule has 1 atom stereocenters. The molecule has 1 saturated heterocycles. The van der Waals surface area contributed by atoms with Crippen LogP contribution in [0.3, 0.4) is 0 Å². The highest BCUT2D eigenvalue weighted by molar-refractivity contribution is 5.57. The Morgan fingerprint density at radius 1 is 1.65 bits per heavy atom. The van der Waals surface area contributed by atoms with Crippen LogP contribution in [0.15, 0.2) is 18.3 Å². The smallest absolute Gasteiger partial charge is 0.311 e. The van der Waals surface area contributed by atoms with Crippen molar-refractivity contribution in [1.29, 1.82) is 0 Å². The third kappa shape index (κ3) is 2.52. The van der Waals surface area contributed by atoms with E-state index in [-0.39, 0.29) is 5.69 Å². The number of aromatic nitrogens is 1. The first-order chi connectivity index (χ1) is 7.99. The Kier molecular flexibility index (Phi) is 2.97. The molecule has 1 aromatic heterocycles. The fourth-order valence-electron chi connectivity index (χ4n) is 2.18. The molecule has 17 heavy (non-hydrogen) atoms. The van der Waals surface area contributed by atoms with Gasteiger partial charge in [-0.15, -0.1) is 0 Å². The second-order valence-electron chi connectivity index (χ2n) is 4.63. The van der Waals surface area contributed by atoms with Crippen molar-refractivity contribution in [1.82, 2.24) is 4.98 Å². The first kappa shape index (κ1) is 11.8. The molecule has 1 N–H and O–H groups in total. The van der Waals surface area contributed by atoms with Crippen LogP contribution in [-0.4, -0.2) is 33.7 Å². The molecule has 1 aliphatic heterocycles. The third-order valence-corrected chi connectivity index (χ3v) is 2.94. The summed E-state index contributed by atoms with van der Waals surface area (Å²) < 4.78 is 0. The van der Waals surface area contributed by atoms with Crippen molar-refractivity contribution >= 4 is 11.5 Å². The van der Waals surface area contributed by atoms with Gasteiger partial charge in [-0.3, -0.25) is 10.1 Å². The molecule has 1 fully saturated rings. The molecule has 0 amide bonds. The molecular formula is C11H15N3O3. The molecule has 0 radical (unpaired) electrons. The van der Waals surface area contributed by atoms with Gasteiger partial charge < -0.3 is 10.0 Å². The van der Waals surface area contributed by atoms with Gasteiger partial charge in [-0.05, 0) is 25.8 Å². The van der Waals surface area contributed by atoms with E-state index < -0.39 is 10.5 Å². The number of nitro groups is 1. The van der Waals surface area contributed by atoms with Crippen LogP contribution >= 0.6 is 0 Å². The first-order valence-electron chi connectivity index (χ1n) is 5.56. The Morgan fingerprint density at radius 3 is 3.06 bits per heavy atom. The molecule has 0 aliphatic carbocycles. The van der Waals surface area contributed by atoms with Crippen molar-refractivity contribution in [3.05, 3.63) is 28.4 Å². The number of rotatable bonds is 2. The second-order valence-corrected chi connectivity index (χ2v) is 4.63. The van der Waals surface area contributed by atoms with Crippen LogP contribution in [0.1, 0.15) is 19.8 Å². The Bertz CT molecular complexity index is 434. The maximum atomic E-state index is 10.9. The Morgan fingerprint density at radius 2 is 2.41 bits per heavy atom. The molecule has 0 saturated carbocycles. The maximum absolute atomic E-state index is 10.9. The minimum atomic E-state index is -0.802. The lowest BCUT2D eigenvalue weighted by Crippen LogP contribution is -2.46. The number of pyridine rings is 1. The summed E-state index contributed by atoms with van der Waals surface area (Å²) in [7, 11) is 0. The zero-order chi connectivity index (χ0) is 12.5. The molecule has 1 aromatic rings. The van der Waals surface area contributed by atoms with Crippen molar-refractivity contribution in [2.75, 3.05) is 18.0 Å². The normalized spacial score (nSPS) is 24.7. The fraction of sp³-hybridized carbons (Fsp3) is 0.545. The second kappa shape index (κ2) is 4.29. The zero-order valence-corrected chi connectivity index (χ0v) is 9.67. The van der Waals surface area contributed by atoms with Crippen LogP contribution in [-0.2, 0) is 0 Å². The molecule has 6 nitrogen and oxygen atoms in total. The minimum Gasteiger partial charge on any atom is -0.388 e. The van der Waals surface area contributed by atoms with Crippen LogP contribution in [0.5, 0.6) is 0 Å². The van der Waals surface area contributed by atoms with E-state index in [1.807, 2.05) is 0 Å². The topological polar surface area (TPSA) is 79.5 Å². The van der Waals surface area contributed by atoms with Gasteiger partial charge in [0.25, 0.3) is 0 Å². The van der Waals surface area contributed by atoms with E-state index in [2.05, 4.69) is 4.98 Å². The Labute approximate surface area is 99.0 Å². The summed E-state index contributed by atoms with van der Waals surface area (Å²) in [4.78, 5) is 16.3. The highest BCUT2D eigenvalue weighted by atomic mass is 16.6. The van der Waals surface area contributed by atoms with E-state index in [1.165, 1.54) is 12.3 Å². The largest absolute Gasteiger partial charge is 0.388 e. The minimum absolute atomic E-state index is 0.00907. The van der Waals surface area contributed by atoms with E-state index in [4.69, 9.17) is 0 Å². The standard InChI is InChI=1S/C11H15N3O3/c1-11(15)5-3-7-13(8-11)10-9(14(16)17)4-2-6-12-10/h2,4,6,15H,3,5,7-8H2,1H3. The van der Waals surface area contributed by atoms with E-state index in [1.54, 1.807) is 17.9 Å². The predicted octanol–water partition coefficient (Wildman–Crippen LogP) is 1.34. The van der Waals surface area contributed by atoms with Gasteiger partial charge in [0.2, 0.25) is 5.82 Å². The molecule has 0 spiro atoms. The number of hydrogen-bond acceptors (Lipinski definition) is 5. The monoisotopic (exact) mass is 237 g/mol. The van der Waals surface area contributed by atoms with Crippen LogP contribution < -0.4 is 4.90 Å². The number of aliphatic hydroxyl groups is 1. The average molecular weight is 237 g/mol. The quantitative estimate of drug-likeness (QED) is 0.620. The van der Waals surface area contributed by atoms with Gasteiger partial charge in [0.15, 0.2) is 0 Å². The Balaban J connectivity index is 2.30. The number of anilines is 1.